The van der Waals surface area contributed by atoms with Crippen LogP contribution in [0.1, 0.15) is 233 Å². The third-order valence-electron chi connectivity index (χ3n) is 14.8. The van der Waals surface area contributed by atoms with Crippen LogP contribution in [0.2, 0.25) is 25.2 Å². The Kier molecular flexibility index (Phi) is 39.8. The summed E-state index contributed by atoms with van der Waals surface area (Å²) in [6, 6.07) is 2.24. The molecule has 8 heteroatoms. The molecule has 0 aliphatic carbocycles. The summed E-state index contributed by atoms with van der Waals surface area (Å²) in [5.74, 6) is 0. The summed E-state index contributed by atoms with van der Waals surface area (Å²) in [7, 11) is -4.37. The van der Waals surface area contributed by atoms with Crippen molar-refractivity contribution in [3.05, 3.63) is 48.6 Å². The van der Waals surface area contributed by atoms with E-state index in [1.54, 1.807) is 0 Å². The van der Waals surface area contributed by atoms with Crippen molar-refractivity contribution < 1.29 is 17.7 Å². The first-order valence-corrected chi connectivity index (χ1v) is 34.5. The minimum Gasteiger partial charge on any atom is -0.394 e. The molecule has 392 valence electrons. The molecule has 2 fully saturated rings. The van der Waals surface area contributed by atoms with Gasteiger partial charge in [0.15, 0.2) is 0 Å². The van der Waals surface area contributed by atoms with Crippen LogP contribution in [0, 0.1) is 5.41 Å². The fraction of sp³-hybridized carbons (Fsp3) is 0.864. The molecule has 0 bridgehead atoms. The molecule has 2 heterocycles. The summed E-state index contributed by atoms with van der Waals surface area (Å²) in [6.07, 6.45) is 59.2. The average Bonchev–Trinajstić information content (AvgIpc) is 3.33. The van der Waals surface area contributed by atoms with Crippen molar-refractivity contribution in [3.8, 4) is 0 Å². The Morgan fingerprint density at radius 1 is 0.343 bits per heavy atom. The fourth-order valence-electron chi connectivity index (χ4n) is 9.89. The van der Waals surface area contributed by atoms with Gasteiger partial charge in [-0.15, -0.1) is 0 Å². The summed E-state index contributed by atoms with van der Waals surface area (Å²) in [5, 5.41) is 0. The molecule has 67 heavy (non-hydrogen) atoms. The largest absolute Gasteiger partial charge is 0.394 e. The van der Waals surface area contributed by atoms with Gasteiger partial charge in [-0.1, -0.05) is 141 Å². The van der Waals surface area contributed by atoms with E-state index in [9.17, 15) is 0 Å². The highest BCUT2D eigenvalue weighted by Crippen LogP contribution is 2.41. The van der Waals surface area contributed by atoms with E-state index in [0.29, 0.717) is 5.41 Å². The number of unbranched alkanes of at least 4 members (excludes halogenated alkanes) is 18. The molecule has 2 saturated heterocycles. The van der Waals surface area contributed by atoms with Gasteiger partial charge >= 0.3 is 17.1 Å². The van der Waals surface area contributed by atoms with Gasteiger partial charge in [0.05, 0.1) is 0 Å². The number of piperidine rings is 2. The molecule has 1 spiro atoms. The van der Waals surface area contributed by atoms with Gasteiger partial charge in [-0.3, -0.25) is 0 Å². The maximum atomic E-state index is 6.67. The molecule has 0 aromatic carbocycles. The Balaban J connectivity index is 1.71. The van der Waals surface area contributed by atoms with Gasteiger partial charge in [0.25, 0.3) is 0 Å². The smallest absolute Gasteiger partial charge is 0.334 e. The molecule has 0 atom stereocenters. The van der Waals surface area contributed by atoms with Crippen LogP contribution in [-0.2, 0) is 17.7 Å². The number of allylic oxidation sites excluding steroid dienone is 8. The van der Waals surface area contributed by atoms with E-state index in [0.717, 1.165) is 89.9 Å². The molecule has 0 N–H and O–H groups in total. The van der Waals surface area contributed by atoms with Crippen LogP contribution < -0.4 is 0 Å². The van der Waals surface area contributed by atoms with Crippen LogP contribution in [0.15, 0.2) is 48.6 Å². The second kappa shape index (κ2) is 42.8. The highest BCUT2D eigenvalue weighted by molar-refractivity contribution is 6.66. The van der Waals surface area contributed by atoms with Gasteiger partial charge < -0.3 is 27.5 Å². The van der Waals surface area contributed by atoms with Gasteiger partial charge in [0.1, 0.15) is 0 Å². The SMILES string of the molecule is CCCCC/C=C\CCCO[Si](C)(CCCCN1CCC2(CC1)CCN(CCCC[Si](C)(OCCC/C=C\CCCCC)OCCC/C=C\CCCCC)CC2)OCCC/C=C\CCCCC. The van der Waals surface area contributed by atoms with Crippen LogP contribution in [0.4, 0.5) is 0 Å². The Morgan fingerprint density at radius 2 is 0.597 bits per heavy atom. The van der Waals surface area contributed by atoms with Crippen molar-refractivity contribution in [2.75, 3.05) is 65.7 Å². The van der Waals surface area contributed by atoms with Gasteiger partial charge in [-0.2, -0.15) is 0 Å². The number of hydrogen-bond acceptors (Lipinski definition) is 6. The highest BCUT2D eigenvalue weighted by Gasteiger charge is 2.38. The maximum Gasteiger partial charge on any atom is 0.334 e. The molecule has 0 amide bonds. The Morgan fingerprint density at radius 3 is 0.851 bits per heavy atom. The average molecular weight is 972 g/mol. The van der Waals surface area contributed by atoms with Crippen molar-refractivity contribution in [2.24, 2.45) is 5.41 Å². The standard InChI is InChI=1S/C59H114N2O4Si2/c1-7-11-15-19-23-27-31-37-53-62-66(5,63-54-38-32-28-24-20-16-12-8-2)57-41-35-47-60-49-43-59(44-50-60)45-51-61(52-46-59)48-36-42-58-67(6,64-55-39-33-29-25-21-17-13-9-3)65-56-40-34-30-26-22-18-14-10-4/h23-30H,7-22,31-58H2,1-6H3/b27-23-,28-24-,29-25-,30-26-. The molecule has 2 aliphatic heterocycles. The fourth-order valence-corrected chi connectivity index (χ4v) is 14.7. The van der Waals surface area contributed by atoms with Crippen LogP contribution >= 0.6 is 0 Å². The minimum atomic E-state index is -2.18. The lowest BCUT2D eigenvalue weighted by Crippen LogP contribution is -2.47. The number of likely N-dealkylation sites (tertiary alicyclic amines) is 2. The van der Waals surface area contributed by atoms with E-state index < -0.39 is 17.1 Å². The van der Waals surface area contributed by atoms with E-state index in [1.807, 2.05) is 0 Å². The molecule has 2 rings (SSSR count). The van der Waals surface area contributed by atoms with Crippen molar-refractivity contribution in [1.82, 2.24) is 9.80 Å². The molecule has 0 aromatic heterocycles. The zero-order valence-corrected chi connectivity index (χ0v) is 47.8. The third kappa shape index (κ3) is 34.2. The second-order valence-electron chi connectivity index (χ2n) is 21.2. The zero-order chi connectivity index (χ0) is 48.3. The highest BCUT2D eigenvalue weighted by atomic mass is 28.4. The van der Waals surface area contributed by atoms with Crippen LogP contribution in [-0.4, -0.2) is 92.6 Å². The molecule has 0 unspecified atom stereocenters. The Labute approximate surface area is 420 Å². The second-order valence-corrected chi connectivity index (χ2v) is 27.9. The summed E-state index contributed by atoms with van der Waals surface area (Å²) in [4.78, 5) is 5.55. The normalized spacial score (nSPS) is 16.7. The van der Waals surface area contributed by atoms with Crippen molar-refractivity contribution in [1.29, 1.82) is 0 Å². The number of rotatable bonds is 46. The summed E-state index contributed by atoms with van der Waals surface area (Å²) in [6.45, 7) is 24.8. The molecule has 0 aromatic rings. The first-order chi connectivity index (χ1) is 32.8. The van der Waals surface area contributed by atoms with Gasteiger partial charge in [0, 0.05) is 26.4 Å². The number of nitrogens with zero attached hydrogens (tertiary/aromatic N) is 2. The molecule has 2 aliphatic rings. The maximum absolute atomic E-state index is 6.67. The van der Waals surface area contributed by atoms with Crippen molar-refractivity contribution in [3.63, 3.8) is 0 Å². The lowest BCUT2D eigenvalue weighted by Gasteiger charge is -2.47. The van der Waals surface area contributed by atoms with Crippen molar-refractivity contribution in [2.45, 2.75) is 258 Å². The topological polar surface area (TPSA) is 43.4 Å². The quantitative estimate of drug-likeness (QED) is 0.0344. The predicted octanol–water partition coefficient (Wildman–Crippen LogP) is 17.6. The molecular formula is C59H114N2O4Si2. The van der Waals surface area contributed by atoms with Gasteiger partial charge in [0.2, 0.25) is 0 Å². The van der Waals surface area contributed by atoms with E-state index in [2.05, 4.69) is 99.2 Å². The zero-order valence-electron chi connectivity index (χ0n) is 45.8. The Hall–Kier alpha value is -0.846. The van der Waals surface area contributed by atoms with Crippen LogP contribution in [0.25, 0.3) is 0 Å². The lowest BCUT2D eigenvalue weighted by molar-refractivity contribution is 0.0341. The van der Waals surface area contributed by atoms with E-state index >= 15 is 0 Å². The first kappa shape index (κ1) is 62.3. The molecular weight excluding hydrogens is 857 g/mol. The van der Waals surface area contributed by atoms with Crippen LogP contribution in [0.3, 0.4) is 0 Å². The van der Waals surface area contributed by atoms with Crippen molar-refractivity contribution >= 4 is 17.1 Å². The third-order valence-corrected chi connectivity index (χ3v) is 20.6. The first-order valence-electron chi connectivity index (χ1n) is 29.4. The molecule has 0 saturated carbocycles. The predicted molar refractivity (Wildman–Crippen MR) is 299 cm³/mol. The Bertz CT molecular complexity index is 1060. The van der Waals surface area contributed by atoms with Crippen LogP contribution in [0.5, 0.6) is 0 Å². The number of hydrogen-bond donors (Lipinski definition) is 0. The minimum absolute atomic E-state index is 0.581. The van der Waals surface area contributed by atoms with E-state index in [1.165, 1.54) is 193 Å². The summed E-state index contributed by atoms with van der Waals surface area (Å²) >= 11 is 0. The molecule has 0 radical (unpaired) electrons. The lowest BCUT2D eigenvalue weighted by atomic mass is 9.71. The van der Waals surface area contributed by atoms with Gasteiger partial charge in [-0.25, -0.2) is 0 Å². The molecule has 6 nitrogen and oxygen atoms in total. The monoisotopic (exact) mass is 971 g/mol. The summed E-state index contributed by atoms with van der Waals surface area (Å²) in [5.41, 5.74) is 0.581. The van der Waals surface area contributed by atoms with Gasteiger partial charge in [-0.05, 0) is 211 Å². The summed E-state index contributed by atoms with van der Waals surface area (Å²) < 4.78 is 26.7. The van der Waals surface area contributed by atoms with E-state index in [-0.39, 0.29) is 0 Å². The van der Waals surface area contributed by atoms with E-state index in [4.69, 9.17) is 17.7 Å².